The van der Waals surface area contributed by atoms with Crippen LogP contribution in [0.3, 0.4) is 0 Å². The van der Waals surface area contributed by atoms with E-state index < -0.39 is 17.0 Å². The fourth-order valence-corrected chi connectivity index (χ4v) is 2.96. The lowest BCUT2D eigenvalue weighted by atomic mass is 9.93. The minimum absolute atomic E-state index is 0.263. The Kier molecular flexibility index (Phi) is 3.24. The van der Waals surface area contributed by atoms with Gasteiger partial charge in [0.1, 0.15) is 11.0 Å². The van der Waals surface area contributed by atoms with Gasteiger partial charge >= 0.3 is 5.97 Å². The lowest BCUT2D eigenvalue weighted by Gasteiger charge is -2.41. The Morgan fingerprint density at radius 1 is 1.24 bits per heavy atom. The lowest BCUT2D eigenvalue weighted by Crippen LogP contribution is -2.53. The molecule has 1 saturated heterocycles. The molecule has 2 aliphatic rings. The van der Waals surface area contributed by atoms with Gasteiger partial charge in [-0.1, -0.05) is 30.3 Å². The first kappa shape index (κ1) is 14.1. The third kappa shape index (κ3) is 2.31. The Labute approximate surface area is 123 Å². The summed E-state index contributed by atoms with van der Waals surface area (Å²) in [6.07, 6.45) is 0.890. The molecule has 1 atom stereocenters. The van der Waals surface area contributed by atoms with E-state index in [1.54, 1.807) is 4.90 Å². The highest BCUT2D eigenvalue weighted by molar-refractivity contribution is 6.04. The minimum atomic E-state index is -1.17. The Hall–Kier alpha value is -1.88. The minimum Gasteiger partial charge on any atom is -0.480 e. The molecule has 5 nitrogen and oxygen atoms in total. The molecule has 1 amide bonds. The first-order valence-corrected chi connectivity index (χ1v) is 7.20. The maximum absolute atomic E-state index is 12.5. The van der Waals surface area contributed by atoms with E-state index in [0.717, 1.165) is 5.56 Å². The highest BCUT2D eigenvalue weighted by Gasteiger charge is 2.59. The smallest absolute Gasteiger partial charge is 0.319 e. The van der Waals surface area contributed by atoms with Crippen LogP contribution in [0.2, 0.25) is 0 Å². The van der Waals surface area contributed by atoms with Crippen molar-refractivity contribution in [3.63, 3.8) is 0 Å². The summed E-state index contributed by atoms with van der Waals surface area (Å²) in [4.78, 5) is 25.5. The third-order valence-corrected chi connectivity index (χ3v) is 4.51. The molecule has 0 bridgehead atoms. The zero-order valence-corrected chi connectivity index (χ0v) is 12.0. The van der Waals surface area contributed by atoms with Crippen molar-refractivity contribution in [2.45, 2.75) is 25.4 Å². The monoisotopic (exact) mass is 289 g/mol. The number of carbonyl (C=O) groups is 2. The summed E-state index contributed by atoms with van der Waals surface area (Å²) in [5, 5.41) is 9.27. The van der Waals surface area contributed by atoms with Crippen molar-refractivity contribution in [3.8, 4) is 0 Å². The van der Waals surface area contributed by atoms with Crippen LogP contribution < -0.4 is 0 Å². The number of carbonyl (C=O) groups excluding carboxylic acids is 1. The summed E-state index contributed by atoms with van der Waals surface area (Å²) in [5.41, 5.74) is -0.749. The van der Waals surface area contributed by atoms with Crippen molar-refractivity contribution < 1.29 is 19.4 Å². The van der Waals surface area contributed by atoms with Crippen LogP contribution in [-0.4, -0.2) is 41.6 Å². The van der Waals surface area contributed by atoms with E-state index in [-0.39, 0.29) is 5.91 Å². The summed E-state index contributed by atoms with van der Waals surface area (Å²) in [6.45, 7) is 3.22. The van der Waals surface area contributed by atoms with Gasteiger partial charge in [-0.2, -0.15) is 0 Å². The van der Waals surface area contributed by atoms with Crippen LogP contribution in [0.1, 0.15) is 25.3 Å². The fourth-order valence-electron chi connectivity index (χ4n) is 2.96. The van der Waals surface area contributed by atoms with E-state index in [1.807, 2.05) is 37.3 Å². The molecule has 0 aromatic heterocycles. The normalized spacial score (nSPS) is 27.2. The lowest BCUT2D eigenvalue weighted by molar-refractivity contribution is -0.163. The van der Waals surface area contributed by atoms with Gasteiger partial charge in [0.15, 0.2) is 0 Å². The number of benzene rings is 1. The van der Waals surface area contributed by atoms with Crippen molar-refractivity contribution in [3.05, 3.63) is 35.9 Å². The Morgan fingerprint density at radius 3 is 2.48 bits per heavy atom. The van der Waals surface area contributed by atoms with Crippen LogP contribution >= 0.6 is 0 Å². The fraction of sp³-hybridized carbons (Fsp3) is 0.500. The van der Waals surface area contributed by atoms with E-state index in [9.17, 15) is 14.7 Å². The van der Waals surface area contributed by atoms with Crippen LogP contribution in [0.15, 0.2) is 30.3 Å². The number of morpholine rings is 1. The van der Waals surface area contributed by atoms with Gasteiger partial charge in [0, 0.05) is 6.54 Å². The summed E-state index contributed by atoms with van der Waals surface area (Å²) in [6, 6.07) is 9.74. The van der Waals surface area contributed by atoms with Crippen molar-refractivity contribution >= 4 is 11.9 Å². The zero-order valence-electron chi connectivity index (χ0n) is 12.0. The standard InChI is InChI=1S/C16H19NO4/c1-15(12-5-3-2-4-6-12)11-17(9-10-21-15)13(18)16(7-8-16)14(19)20/h2-6H,7-11H2,1H3,(H,19,20)/t15-/m1/s1. The number of ether oxygens (including phenoxy) is 1. The molecule has 1 N–H and O–H groups in total. The number of rotatable bonds is 3. The van der Waals surface area contributed by atoms with Gasteiger partial charge in [-0.3, -0.25) is 9.59 Å². The van der Waals surface area contributed by atoms with Crippen LogP contribution in [0.5, 0.6) is 0 Å². The molecule has 0 spiro atoms. The van der Waals surface area contributed by atoms with Crippen molar-refractivity contribution in [1.82, 2.24) is 4.90 Å². The van der Waals surface area contributed by atoms with Gasteiger partial charge in [0.05, 0.1) is 13.2 Å². The maximum Gasteiger partial charge on any atom is 0.319 e. The number of hydrogen-bond donors (Lipinski definition) is 1. The molecular weight excluding hydrogens is 270 g/mol. The maximum atomic E-state index is 12.5. The van der Waals surface area contributed by atoms with Gasteiger partial charge in [-0.05, 0) is 25.3 Å². The predicted octanol–water partition coefficient (Wildman–Crippen LogP) is 1.63. The summed E-state index contributed by atoms with van der Waals surface area (Å²) >= 11 is 0. The molecule has 1 aliphatic carbocycles. The molecule has 3 rings (SSSR count). The second kappa shape index (κ2) is 4.84. The average molecular weight is 289 g/mol. The van der Waals surface area contributed by atoms with Gasteiger partial charge in [0.25, 0.3) is 0 Å². The molecule has 0 radical (unpaired) electrons. The van der Waals surface area contributed by atoms with E-state index in [1.165, 1.54) is 0 Å². The molecule has 112 valence electrons. The number of hydrogen-bond acceptors (Lipinski definition) is 3. The Bertz CT molecular complexity index is 567. The number of carboxylic acid groups (broad SMARTS) is 1. The van der Waals surface area contributed by atoms with Crippen molar-refractivity contribution in [2.75, 3.05) is 19.7 Å². The number of carboxylic acids is 1. The highest BCUT2D eigenvalue weighted by atomic mass is 16.5. The largest absolute Gasteiger partial charge is 0.480 e. The number of aliphatic carboxylic acids is 1. The van der Waals surface area contributed by atoms with E-state index in [2.05, 4.69) is 0 Å². The van der Waals surface area contributed by atoms with Crippen LogP contribution in [0, 0.1) is 5.41 Å². The Balaban J connectivity index is 1.81. The first-order chi connectivity index (χ1) is 9.98. The molecule has 1 aromatic rings. The van der Waals surface area contributed by atoms with Crippen molar-refractivity contribution in [1.29, 1.82) is 0 Å². The topological polar surface area (TPSA) is 66.8 Å². The Morgan fingerprint density at radius 2 is 1.90 bits per heavy atom. The molecule has 1 aromatic carbocycles. The molecule has 21 heavy (non-hydrogen) atoms. The molecular formula is C16H19NO4. The molecule has 1 heterocycles. The zero-order chi connectivity index (χ0) is 15.1. The second-order valence-electron chi connectivity index (χ2n) is 6.06. The van der Waals surface area contributed by atoms with E-state index >= 15 is 0 Å². The van der Waals surface area contributed by atoms with E-state index in [4.69, 9.17) is 4.74 Å². The molecule has 1 saturated carbocycles. The SMILES string of the molecule is C[C@]1(c2ccccc2)CN(C(=O)C2(C(=O)O)CC2)CCO1. The summed E-state index contributed by atoms with van der Waals surface area (Å²) in [7, 11) is 0. The van der Waals surface area contributed by atoms with Crippen LogP contribution in [-0.2, 0) is 19.9 Å². The summed E-state index contributed by atoms with van der Waals surface area (Å²) < 4.78 is 5.88. The van der Waals surface area contributed by atoms with Crippen LogP contribution in [0.25, 0.3) is 0 Å². The van der Waals surface area contributed by atoms with Gasteiger partial charge in [-0.25, -0.2) is 0 Å². The van der Waals surface area contributed by atoms with Crippen LogP contribution in [0.4, 0.5) is 0 Å². The molecule has 5 heteroatoms. The first-order valence-electron chi connectivity index (χ1n) is 7.20. The quantitative estimate of drug-likeness (QED) is 0.859. The van der Waals surface area contributed by atoms with Gasteiger partial charge in [-0.15, -0.1) is 0 Å². The molecule has 1 aliphatic heterocycles. The number of nitrogens with zero attached hydrogens (tertiary/aromatic N) is 1. The average Bonchev–Trinajstić information content (AvgIpc) is 3.29. The number of amides is 1. The second-order valence-corrected chi connectivity index (χ2v) is 6.06. The van der Waals surface area contributed by atoms with Crippen molar-refractivity contribution in [2.24, 2.45) is 5.41 Å². The molecule has 2 fully saturated rings. The van der Waals surface area contributed by atoms with Gasteiger partial charge in [0.2, 0.25) is 5.91 Å². The third-order valence-electron chi connectivity index (χ3n) is 4.51. The summed E-state index contributed by atoms with van der Waals surface area (Å²) in [5.74, 6) is -1.26. The van der Waals surface area contributed by atoms with Gasteiger partial charge < -0.3 is 14.7 Å². The van der Waals surface area contributed by atoms with E-state index in [0.29, 0.717) is 32.5 Å². The predicted molar refractivity (Wildman–Crippen MR) is 75.6 cm³/mol. The highest BCUT2D eigenvalue weighted by Crippen LogP contribution is 2.48. The molecule has 0 unspecified atom stereocenters.